The van der Waals surface area contributed by atoms with Gasteiger partial charge in [0.15, 0.2) is 28.9 Å². The third-order valence-corrected chi connectivity index (χ3v) is 8.53. The number of nitrogens with one attached hydrogen (secondary N) is 1. The number of phenols is 1. The van der Waals surface area contributed by atoms with Crippen LogP contribution in [0.2, 0.25) is 0 Å². The van der Waals surface area contributed by atoms with Crippen molar-refractivity contribution < 1.29 is 39.0 Å². The average molecular weight is 558 g/mol. The number of rotatable bonds is 4. The van der Waals surface area contributed by atoms with Crippen molar-refractivity contribution in [3.8, 4) is 5.75 Å². The third-order valence-electron chi connectivity index (χ3n) is 8.53. The molecule has 2 saturated carbocycles. The Hall–Kier alpha value is -3.84. The van der Waals surface area contributed by atoms with E-state index in [-0.39, 0.29) is 36.6 Å². The molecule has 13 heteroatoms. The number of nitrogens with zero attached hydrogens (tertiary/aromatic N) is 3. The Morgan fingerprint density at radius 2 is 1.62 bits per heavy atom. The van der Waals surface area contributed by atoms with Gasteiger partial charge in [-0.05, 0) is 50.9 Å². The van der Waals surface area contributed by atoms with Gasteiger partial charge < -0.3 is 31.1 Å². The standard InChI is InChI=1S/C27H35N5O8/c1-30(2)17-10-16(29-25(38)26(39)32(5)6)20(33)14-9-12-11(7-13(14)17)8-15-19(31(3)4)21(34)18(24(28)37)23(36)27(15,40)22(12)35/h10-12,15,18-19,33,40H,7-9H2,1-6H3,(H2,28,37)(H,29,38)/t11?,12?,15?,18?,19-,27?/m0/s1. The molecule has 0 spiro atoms. The Morgan fingerprint density at radius 3 is 2.15 bits per heavy atom. The average Bonchev–Trinajstić information content (AvgIpc) is 2.86. The summed E-state index contributed by atoms with van der Waals surface area (Å²) in [6.45, 7) is 0. The lowest BCUT2D eigenvalue weighted by Gasteiger charge is -2.53. The summed E-state index contributed by atoms with van der Waals surface area (Å²) in [4.78, 5) is 81.6. The van der Waals surface area contributed by atoms with Gasteiger partial charge in [-0.25, -0.2) is 0 Å². The first-order chi connectivity index (χ1) is 18.5. The van der Waals surface area contributed by atoms with Crippen LogP contribution in [0.4, 0.5) is 11.4 Å². The maximum absolute atomic E-state index is 14.0. The van der Waals surface area contributed by atoms with E-state index in [4.69, 9.17) is 5.73 Å². The number of likely N-dealkylation sites (N-methyl/N-ethyl adjacent to an activating group) is 2. The zero-order valence-electron chi connectivity index (χ0n) is 23.3. The molecule has 3 aliphatic rings. The zero-order chi connectivity index (χ0) is 30.0. The molecule has 0 heterocycles. The van der Waals surface area contributed by atoms with Gasteiger partial charge in [0.2, 0.25) is 5.91 Å². The lowest BCUT2D eigenvalue weighted by molar-refractivity contribution is -0.183. The van der Waals surface area contributed by atoms with Crippen LogP contribution in [0.1, 0.15) is 17.5 Å². The highest BCUT2D eigenvalue weighted by Gasteiger charge is 2.68. The molecule has 5 unspecified atom stereocenters. The number of aromatic hydroxyl groups is 1. The molecule has 3 aliphatic carbocycles. The molecular formula is C27H35N5O8. The highest BCUT2D eigenvalue weighted by atomic mass is 16.3. The summed E-state index contributed by atoms with van der Waals surface area (Å²) in [6, 6.07) is 0.462. The monoisotopic (exact) mass is 557 g/mol. The number of amides is 3. The first kappa shape index (κ1) is 29.2. The quantitative estimate of drug-likeness (QED) is 0.189. The van der Waals surface area contributed by atoms with E-state index in [0.29, 0.717) is 16.8 Å². The fourth-order valence-electron chi connectivity index (χ4n) is 6.64. The molecule has 1 aromatic carbocycles. The number of Topliss-reactive ketones (excluding diaryl/α,β-unsaturated/α-hetero) is 3. The Kier molecular flexibility index (Phi) is 7.26. The fraction of sp³-hybridized carbons (Fsp3) is 0.556. The molecule has 0 aromatic heterocycles. The number of hydrogen-bond donors (Lipinski definition) is 4. The molecule has 1 aromatic rings. The normalized spacial score (nSPS) is 29.3. The van der Waals surface area contributed by atoms with Crippen LogP contribution < -0.4 is 16.0 Å². The van der Waals surface area contributed by atoms with E-state index in [2.05, 4.69) is 5.32 Å². The molecule has 0 radical (unpaired) electrons. The minimum Gasteiger partial charge on any atom is -0.505 e. The van der Waals surface area contributed by atoms with Crippen molar-refractivity contribution >= 4 is 46.4 Å². The minimum atomic E-state index is -2.61. The number of carbonyl (C=O) groups is 6. The van der Waals surface area contributed by atoms with Gasteiger partial charge in [-0.1, -0.05) is 0 Å². The Balaban J connectivity index is 1.81. The number of nitrogens with two attached hydrogens (primary N) is 1. The molecule has 2 fully saturated rings. The van der Waals surface area contributed by atoms with Crippen molar-refractivity contribution in [3.63, 3.8) is 0 Å². The number of anilines is 2. The van der Waals surface area contributed by atoms with Gasteiger partial charge in [0.05, 0.1) is 11.7 Å². The largest absolute Gasteiger partial charge is 0.505 e. The van der Waals surface area contributed by atoms with E-state index in [1.54, 1.807) is 39.2 Å². The molecule has 4 rings (SSSR count). The van der Waals surface area contributed by atoms with Crippen LogP contribution in [0.5, 0.6) is 5.75 Å². The second kappa shape index (κ2) is 9.97. The fourth-order valence-corrected chi connectivity index (χ4v) is 6.64. The van der Waals surface area contributed by atoms with Crippen molar-refractivity contribution in [3.05, 3.63) is 17.2 Å². The molecule has 0 aliphatic heterocycles. The minimum absolute atomic E-state index is 0.0262. The van der Waals surface area contributed by atoms with Gasteiger partial charge in [-0.15, -0.1) is 0 Å². The molecule has 216 valence electrons. The van der Waals surface area contributed by atoms with E-state index in [0.717, 1.165) is 4.90 Å². The second-order valence-corrected chi connectivity index (χ2v) is 11.6. The molecular weight excluding hydrogens is 522 g/mol. The second-order valence-electron chi connectivity index (χ2n) is 11.6. The number of carbonyl (C=O) groups excluding carboxylic acids is 6. The van der Waals surface area contributed by atoms with E-state index in [1.807, 2.05) is 0 Å². The van der Waals surface area contributed by atoms with Crippen molar-refractivity contribution in [2.75, 3.05) is 52.5 Å². The first-order valence-corrected chi connectivity index (χ1v) is 12.9. The lowest BCUT2D eigenvalue weighted by Crippen LogP contribution is -2.73. The number of primary amides is 1. The number of ketones is 3. The van der Waals surface area contributed by atoms with E-state index in [9.17, 15) is 39.0 Å². The summed E-state index contributed by atoms with van der Waals surface area (Å²) in [5.74, 6) is -10.4. The summed E-state index contributed by atoms with van der Waals surface area (Å²) in [6.07, 6.45) is 0.356. The number of hydrogen-bond acceptors (Lipinski definition) is 10. The summed E-state index contributed by atoms with van der Waals surface area (Å²) in [5, 5.41) is 25.3. The van der Waals surface area contributed by atoms with Crippen molar-refractivity contribution in [1.29, 1.82) is 0 Å². The van der Waals surface area contributed by atoms with E-state index < -0.39 is 64.5 Å². The predicted molar refractivity (Wildman–Crippen MR) is 142 cm³/mol. The van der Waals surface area contributed by atoms with Gasteiger partial charge in [0, 0.05) is 51.3 Å². The zero-order valence-corrected chi connectivity index (χ0v) is 23.3. The Morgan fingerprint density at radius 1 is 1.00 bits per heavy atom. The van der Waals surface area contributed by atoms with Crippen molar-refractivity contribution in [1.82, 2.24) is 9.80 Å². The Bertz CT molecular complexity index is 1340. The van der Waals surface area contributed by atoms with Crippen LogP contribution in [0.15, 0.2) is 6.07 Å². The Labute approximate surface area is 231 Å². The van der Waals surface area contributed by atoms with Crippen molar-refractivity contribution in [2.45, 2.75) is 30.9 Å². The molecule has 40 heavy (non-hydrogen) atoms. The third kappa shape index (κ3) is 4.24. The predicted octanol–water partition coefficient (Wildman–Crippen LogP) is -1.68. The number of aliphatic hydroxyl groups is 1. The van der Waals surface area contributed by atoms with E-state index >= 15 is 0 Å². The molecule has 0 bridgehead atoms. The molecule has 6 atom stereocenters. The van der Waals surface area contributed by atoms with Crippen LogP contribution in [0.3, 0.4) is 0 Å². The van der Waals surface area contributed by atoms with Crippen LogP contribution in [0.25, 0.3) is 0 Å². The lowest BCUT2D eigenvalue weighted by atomic mass is 9.52. The molecule has 5 N–H and O–H groups in total. The maximum atomic E-state index is 14.0. The summed E-state index contributed by atoms with van der Waals surface area (Å²) in [5.41, 5.74) is 4.43. The topological polar surface area (TPSA) is 191 Å². The first-order valence-electron chi connectivity index (χ1n) is 12.9. The SMILES string of the molecule is CN(C)C(=O)C(=O)Nc1cc(N(C)C)c2c(c1O)CC1C(=O)C3(O)C(=O)C(C(N)=O)C(=O)[C@@H](N(C)C)C3CC1C2. The van der Waals surface area contributed by atoms with Crippen molar-refractivity contribution in [2.24, 2.45) is 29.4 Å². The van der Waals surface area contributed by atoms with Gasteiger partial charge >= 0.3 is 11.8 Å². The maximum Gasteiger partial charge on any atom is 0.313 e. The number of phenolic OH excluding ortho intramolecular Hbond substituents is 1. The van der Waals surface area contributed by atoms with Gasteiger partial charge in [0.1, 0.15) is 5.75 Å². The molecule has 3 amide bonds. The smallest absolute Gasteiger partial charge is 0.313 e. The van der Waals surface area contributed by atoms with Crippen LogP contribution in [-0.4, -0.2) is 109 Å². The van der Waals surface area contributed by atoms with Crippen LogP contribution >= 0.6 is 0 Å². The molecule has 0 saturated heterocycles. The van der Waals surface area contributed by atoms with Crippen LogP contribution in [-0.2, 0) is 41.6 Å². The van der Waals surface area contributed by atoms with Gasteiger partial charge in [-0.2, -0.15) is 0 Å². The van der Waals surface area contributed by atoms with Gasteiger partial charge in [-0.3, -0.25) is 33.7 Å². The van der Waals surface area contributed by atoms with Gasteiger partial charge in [0.25, 0.3) is 0 Å². The number of fused-ring (bicyclic) bond motifs is 3. The number of benzene rings is 1. The summed E-state index contributed by atoms with van der Waals surface area (Å²) >= 11 is 0. The highest BCUT2D eigenvalue weighted by molar-refractivity contribution is 6.39. The summed E-state index contributed by atoms with van der Waals surface area (Å²) in [7, 11) is 9.51. The van der Waals surface area contributed by atoms with E-state index in [1.165, 1.54) is 19.0 Å². The summed E-state index contributed by atoms with van der Waals surface area (Å²) < 4.78 is 0. The molecule has 13 nitrogen and oxygen atoms in total. The highest BCUT2D eigenvalue weighted by Crippen LogP contribution is 2.52. The van der Waals surface area contributed by atoms with Crippen LogP contribution in [0, 0.1) is 23.7 Å².